The van der Waals surface area contributed by atoms with Crippen LogP contribution < -0.4 is 5.32 Å². The van der Waals surface area contributed by atoms with Crippen LogP contribution in [0.15, 0.2) is 42.5 Å². The van der Waals surface area contributed by atoms with Crippen molar-refractivity contribution >= 4 is 46.8 Å². The van der Waals surface area contributed by atoms with E-state index < -0.39 is 11.9 Å². The number of nitrogens with one attached hydrogen (secondary N) is 1. The van der Waals surface area contributed by atoms with E-state index in [2.05, 4.69) is 10.1 Å². The minimum Gasteiger partial charge on any atom is -0.506 e. The summed E-state index contributed by atoms with van der Waals surface area (Å²) in [6.45, 7) is 0. The minimum atomic E-state index is -0.581. The molecule has 0 bridgehead atoms. The van der Waals surface area contributed by atoms with Gasteiger partial charge in [-0.15, -0.1) is 0 Å². The highest BCUT2D eigenvalue weighted by Gasteiger charge is 2.10. The molecule has 0 fully saturated rings. The van der Waals surface area contributed by atoms with Crippen molar-refractivity contribution in [3.63, 3.8) is 0 Å². The van der Waals surface area contributed by atoms with Gasteiger partial charge in [0.05, 0.1) is 28.4 Å². The van der Waals surface area contributed by atoms with E-state index in [9.17, 15) is 14.7 Å². The van der Waals surface area contributed by atoms with Gasteiger partial charge in [-0.05, 0) is 42.0 Å². The van der Waals surface area contributed by atoms with Gasteiger partial charge in [0.25, 0.3) is 0 Å². The smallest absolute Gasteiger partial charge is 0.337 e. The number of aromatic hydroxyl groups is 1. The molecule has 2 N–H and O–H groups in total. The number of carbonyl (C=O) groups is 2. The molecule has 0 aliphatic heterocycles. The average Bonchev–Trinajstić information content (AvgIpc) is 2.57. The van der Waals surface area contributed by atoms with Crippen LogP contribution in [0.1, 0.15) is 15.9 Å². The summed E-state index contributed by atoms with van der Waals surface area (Å²) in [7, 11) is 1.24. The first kappa shape index (κ1) is 17.8. The predicted octanol–water partition coefficient (Wildman–Crippen LogP) is 4.14. The fourth-order valence-electron chi connectivity index (χ4n) is 1.84. The lowest BCUT2D eigenvalue weighted by atomic mass is 10.2. The summed E-state index contributed by atoms with van der Waals surface area (Å²) in [5, 5.41) is 13.2. The maximum Gasteiger partial charge on any atom is 0.337 e. The molecular weight excluding hydrogens is 353 g/mol. The van der Waals surface area contributed by atoms with Gasteiger partial charge >= 0.3 is 5.97 Å². The average molecular weight is 366 g/mol. The van der Waals surface area contributed by atoms with Gasteiger partial charge in [-0.1, -0.05) is 29.3 Å². The van der Waals surface area contributed by atoms with E-state index in [1.165, 1.54) is 31.4 Å². The number of phenolic OH excluding ortho intramolecular Hbond substituents is 1. The van der Waals surface area contributed by atoms with E-state index in [-0.39, 0.29) is 17.0 Å². The fraction of sp³-hybridized carbons (Fsp3) is 0.0588. The van der Waals surface area contributed by atoms with Gasteiger partial charge in [-0.2, -0.15) is 0 Å². The Morgan fingerprint density at radius 1 is 1.12 bits per heavy atom. The van der Waals surface area contributed by atoms with Crippen LogP contribution in [0.5, 0.6) is 5.75 Å². The first-order chi connectivity index (χ1) is 11.4. The molecule has 0 aromatic heterocycles. The molecule has 2 aromatic rings. The number of hydrogen-bond acceptors (Lipinski definition) is 4. The summed E-state index contributed by atoms with van der Waals surface area (Å²) in [6, 6.07) is 9.01. The Labute approximate surface area is 148 Å². The maximum atomic E-state index is 11.9. The van der Waals surface area contributed by atoms with Crippen LogP contribution in [-0.2, 0) is 9.53 Å². The van der Waals surface area contributed by atoms with Crippen molar-refractivity contribution in [1.29, 1.82) is 0 Å². The topological polar surface area (TPSA) is 75.6 Å². The van der Waals surface area contributed by atoms with Crippen molar-refractivity contribution in [2.75, 3.05) is 12.4 Å². The number of halogens is 2. The molecule has 0 radical (unpaired) electrons. The van der Waals surface area contributed by atoms with Gasteiger partial charge < -0.3 is 15.2 Å². The van der Waals surface area contributed by atoms with Crippen molar-refractivity contribution in [2.24, 2.45) is 0 Å². The lowest BCUT2D eigenvalue weighted by Crippen LogP contribution is -2.08. The Morgan fingerprint density at radius 3 is 2.50 bits per heavy atom. The first-order valence-electron chi connectivity index (χ1n) is 6.76. The molecule has 0 aliphatic rings. The van der Waals surface area contributed by atoms with E-state index in [4.69, 9.17) is 23.2 Å². The lowest BCUT2D eigenvalue weighted by molar-refractivity contribution is -0.111. The number of esters is 1. The van der Waals surface area contributed by atoms with E-state index in [0.717, 1.165) is 0 Å². The van der Waals surface area contributed by atoms with Crippen molar-refractivity contribution in [2.45, 2.75) is 0 Å². The zero-order valence-corrected chi connectivity index (χ0v) is 14.1. The van der Waals surface area contributed by atoms with Crippen LogP contribution in [0.2, 0.25) is 10.0 Å². The van der Waals surface area contributed by atoms with E-state index in [1.54, 1.807) is 24.3 Å². The molecule has 0 aliphatic carbocycles. The Kier molecular flexibility index (Phi) is 5.84. The quantitative estimate of drug-likeness (QED) is 0.485. The summed E-state index contributed by atoms with van der Waals surface area (Å²) in [4.78, 5) is 23.3. The molecule has 124 valence electrons. The molecule has 0 saturated carbocycles. The molecule has 5 nitrogen and oxygen atoms in total. The molecule has 7 heteroatoms. The maximum absolute atomic E-state index is 11.9. The van der Waals surface area contributed by atoms with Crippen LogP contribution >= 0.6 is 23.2 Å². The third-order valence-electron chi connectivity index (χ3n) is 3.05. The number of rotatable bonds is 4. The zero-order valence-electron chi connectivity index (χ0n) is 12.5. The molecule has 24 heavy (non-hydrogen) atoms. The molecule has 1 amide bonds. The molecule has 0 heterocycles. The van der Waals surface area contributed by atoms with Gasteiger partial charge in [0.1, 0.15) is 5.75 Å². The third-order valence-corrected chi connectivity index (χ3v) is 3.79. The van der Waals surface area contributed by atoms with Gasteiger partial charge in [-0.3, -0.25) is 4.79 Å². The summed E-state index contributed by atoms with van der Waals surface area (Å²) >= 11 is 11.7. The van der Waals surface area contributed by atoms with E-state index >= 15 is 0 Å². The van der Waals surface area contributed by atoms with Gasteiger partial charge in [-0.25, -0.2) is 4.79 Å². The summed E-state index contributed by atoms with van der Waals surface area (Å²) in [5.41, 5.74) is 1.05. The molecule has 2 rings (SSSR count). The highest BCUT2D eigenvalue weighted by molar-refractivity contribution is 6.42. The summed E-state index contributed by atoms with van der Waals surface area (Å²) < 4.78 is 4.55. The molecular formula is C17H13Cl2NO4. The third kappa shape index (κ3) is 4.50. The van der Waals surface area contributed by atoms with Crippen molar-refractivity contribution < 1.29 is 19.4 Å². The van der Waals surface area contributed by atoms with Crippen LogP contribution in [0, 0.1) is 0 Å². The second kappa shape index (κ2) is 7.86. The zero-order chi connectivity index (χ0) is 17.7. The summed E-state index contributed by atoms with van der Waals surface area (Å²) in [5.74, 6) is -1.28. The molecule has 0 unspecified atom stereocenters. The largest absolute Gasteiger partial charge is 0.506 e. The highest BCUT2D eigenvalue weighted by atomic mass is 35.5. The minimum absolute atomic E-state index is 0.173. The van der Waals surface area contributed by atoms with Crippen molar-refractivity contribution in [3.05, 3.63) is 63.6 Å². The van der Waals surface area contributed by atoms with Crippen LogP contribution in [0.25, 0.3) is 6.08 Å². The molecule has 0 spiro atoms. The number of benzene rings is 2. The molecule has 0 atom stereocenters. The second-order valence-corrected chi connectivity index (χ2v) is 5.53. The first-order valence-corrected chi connectivity index (χ1v) is 7.51. The summed E-state index contributed by atoms with van der Waals surface area (Å²) in [6.07, 6.45) is 2.84. The highest BCUT2D eigenvalue weighted by Crippen LogP contribution is 2.25. The van der Waals surface area contributed by atoms with E-state index in [1.807, 2.05) is 0 Å². The number of ether oxygens (including phenoxy) is 1. The lowest BCUT2D eigenvalue weighted by Gasteiger charge is -2.07. The monoisotopic (exact) mass is 365 g/mol. The van der Waals surface area contributed by atoms with Crippen molar-refractivity contribution in [3.8, 4) is 5.75 Å². The number of carbonyl (C=O) groups excluding carboxylic acids is 2. The number of phenols is 1. The van der Waals surface area contributed by atoms with Gasteiger partial charge in [0, 0.05) is 6.08 Å². The van der Waals surface area contributed by atoms with Crippen LogP contribution in [0.3, 0.4) is 0 Å². The number of anilines is 1. The number of methoxy groups -OCH3 is 1. The normalized spacial score (nSPS) is 10.6. The standard InChI is InChI=1S/C17H13Cl2NO4/c1-24-17(23)11-4-6-14(15(21)9-11)20-16(22)7-3-10-2-5-12(18)13(19)8-10/h2-9,21H,1H3,(H,20,22)/b7-3+. The number of amides is 1. The fourth-order valence-corrected chi connectivity index (χ4v) is 2.15. The van der Waals surface area contributed by atoms with Gasteiger partial charge in [0.15, 0.2) is 0 Å². The van der Waals surface area contributed by atoms with Crippen LogP contribution in [-0.4, -0.2) is 24.1 Å². The number of hydrogen-bond donors (Lipinski definition) is 2. The van der Waals surface area contributed by atoms with Gasteiger partial charge in [0.2, 0.25) is 5.91 Å². The second-order valence-electron chi connectivity index (χ2n) is 4.72. The SMILES string of the molecule is COC(=O)c1ccc(NC(=O)/C=C/c2ccc(Cl)c(Cl)c2)c(O)c1. The molecule has 0 saturated heterocycles. The Balaban J connectivity index is 2.08. The Hall–Kier alpha value is -2.50. The Morgan fingerprint density at radius 2 is 1.88 bits per heavy atom. The van der Waals surface area contributed by atoms with Crippen LogP contribution in [0.4, 0.5) is 5.69 Å². The Bertz CT molecular complexity index is 818. The van der Waals surface area contributed by atoms with E-state index in [0.29, 0.717) is 15.6 Å². The van der Waals surface area contributed by atoms with Crippen molar-refractivity contribution in [1.82, 2.24) is 0 Å². The predicted molar refractivity (Wildman–Crippen MR) is 93.6 cm³/mol. The molecule has 2 aromatic carbocycles.